The second kappa shape index (κ2) is 9.04. The Morgan fingerprint density at radius 3 is 2.31 bits per heavy atom. The van der Waals surface area contributed by atoms with E-state index in [0.717, 1.165) is 28.1 Å². The first-order valence-electron chi connectivity index (χ1n) is 8.67. The molecule has 0 aliphatic heterocycles. The molecule has 0 aromatic heterocycles. The average Bonchev–Trinajstić information content (AvgIpc) is 2.61. The van der Waals surface area contributed by atoms with Gasteiger partial charge in [0.25, 0.3) is 0 Å². The summed E-state index contributed by atoms with van der Waals surface area (Å²) in [4.78, 5) is 26.0. The maximum atomic E-state index is 12.4. The summed E-state index contributed by atoms with van der Waals surface area (Å²) in [6.45, 7) is 5.86. The molecule has 0 aliphatic rings. The number of hydrogen-bond acceptors (Lipinski definition) is 3. The first-order valence-corrected chi connectivity index (χ1v) is 8.67. The van der Waals surface area contributed by atoms with Crippen molar-refractivity contribution in [1.29, 1.82) is 0 Å². The van der Waals surface area contributed by atoms with Gasteiger partial charge in [0, 0.05) is 13.5 Å². The Morgan fingerprint density at radius 2 is 1.69 bits per heavy atom. The number of hydrogen-bond donors (Lipinski definition) is 1. The lowest BCUT2D eigenvalue weighted by Crippen LogP contribution is -2.41. The van der Waals surface area contributed by atoms with Crippen LogP contribution in [0.4, 0.5) is 5.69 Å². The number of anilines is 1. The van der Waals surface area contributed by atoms with E-state index >= 15 is 0 Å². The van der Waals surface area contributed by atoms with Gasteiger partial charge >= 0.3 is 0 Å². The van der Waals surface area contributed by atoms with Crippen molar-refractivity contribution in [2.45, 2.75) is 27.2 Å². The van der Waals surface area contributed by atoms with Gasteiger partial charge in [0.15, 0.2) is 0 Å². The number of carbonyl (C=O) groups is 2. The Morgan fingerprint density at radius 1 is 1.04 bits per heavy atom. The van der Waals surface area contributed by atoms with E-state index in [4.69, 9.17) is 4.74 Å². The topological polar surface area (TPSA) is 58.6 Å². The molecule has 0 spiro atoms. The Hall–Kier alpha value is -2.82. The Kier molecular flexibility index (Phi) is 6.78. The van der Waals surface area contributed by atoms with E-state index in [1.807, 2.05) is 56.3 Å². The standard InChI is InChI=1S/C21H26N2O3/c1-15-8-7-9-16(2)21(15)23(17(3)24)14-20(25)22-13-12-18-10-5-6-11-19(18)26-4/h5-11H,12-14H2,1-4H3,(H,22,25). The first-order chi connectivity index (χ1) is 12.4. The molecule has 2 rings (SSSR count). The molecule has 0 unspecified atom stereocenters. The molecule has 0 aliphatic carbocycles. The molecule has 2 amide bonds. The number of nitrogens with zero attached hydrogens (tertiary/aromatic N) is 1. The second-order valence-corrected chi connectivity index (χ2v) is 6.26. The summed E-state index contributed by atoms with van der Waals surface area (Å²) in [5, 5.41) is 2.89. The van der Waals surface area contributed by atoms with Crippen LogP contribution in [-0.2, 0) is 16.0 Å². The molecule has 2 aromatic carbocycles. The summed E-state index contributed by atoms with van der Waals surface area (Å²) < 4.78 is 5.32. The third kappa shape index (κ3) is 4.85. The number of benzene rings is 2. The number of methoxy groups -OCH3 is 1. The van der Waals surface area contributed by atoms with Crippen molar-refractivity contribution < 1.29 is 14.3 Å². The molecule has 0 saturated carbocycles. The number of para-hydroxylation sites is 2. The molecule has 26 heavy (non-hydrogen) atoms. The van der Waals surface area contributed by atoms with E-state index in [2.05, 4.69) is 5.32 Å². The van der Waals surface area contributed by atoms with Crippen molar-refractivity contribution in [3.63, 3.8) is 0 Å². The summed E-state index contributed by atoms with van der Waals surface area (Å²) in [5.74, 6) is 0.475. The first kappa shape index (κ1) is 19.5. The molecule has 0 fully saturated rings. The maximum absolute atomic E-state index is 12.4. The van der Waals surface area contributed by atoms with Gasteiger partial charge in [0.05, 0.1) is 12.8 Å². The third-order valence-corrected chi connectivity index (χ3v) is 4.30. The van der Waals surface area contributed by atoms with E-state index in [-0.39, 0.29) is 18.4 Å². The number of carbonyl (C=O) groups excluding carboxylic acids is 2. The van der Waals surface area contributed by atoms with Crippen molar-refractivity contribution in [3.8, 4) is 5.75 Å². The SMILES string of the molecule is COc1ccccc1CCNC(=O)CN(C(C)=O)c1c(C)cccc1C. The van der Waals surface area contributed by atoms with Gasteiger partial charge in [0.1, 0.15) is 12.3 Å². The van der Waals surface area contributed by atoms with Gasteiger partial charge in [-0.1, -0.05) is 36.4 Å². The van der Waals surface area contributed by atoms with Crippen LogP contribution in [0.5, 0.6) is 5.75 Å². The summed E-state index contributed by atoms with van der Waals surface area (Å²) >= 11 is 0. The molecular weight excluding hydrogens is 328 g/mol. The molecule has 138 valence electrons. The molecule has 0 saturated heterocycles. The van der Waals surface area contributed by atoms with Gasteiger partial charge < -0.3 is 15.0 Å². The normalized spacial score (nSPS) is 10.3. The van der Waals surface area contributed by atoms with Gasteiger partial charge in [-0.15, -0.1) is 0 Å². The van der Waals surface area contributed by atoms with E-state index in [9.17, 15) is 9.59 Å². The second-order valence-electron chi connectivity index (χ2n) is 6.26. The van der Waals surface area contributed by atoms with Crippen LogP contribution < -0.4 is 15.0 Å². The van der Waals surface area contributed by atoms with Crippen molar-refractivity contribution in [2.75, 3.05) is 25.1 Å². The lowest BCUT2D eigenvalue weighted by atomic mass is 10.1. The number of ether oxygens (including phenoxy) is 1. The Balaban J connectivity index is 1.99. The Bertz CT molecular complexity index is 766. The zero-order chi connectivity index (χ0) is 19.1. The lowest BCUT2D eigenvalue weighted by Gasteiger charge is -2.24. The Labute approximate surface area is 155 Å². The molecule has 5 heteroatoms. The van der Waals surface area contributed by atoms with Crippen LogP contribution in [-0.4, -0.2) is 32.0 Å². The van der Waals surface area contributed by atoms with Crippen molar-refractivity contribution in [3.05, 3.63) is 59.2 Å². The predicted octanol–water partition coefficient (Wildman–Crippen LogP) is 3.02. The van der Waals surface area contributed by atoms with Gasteiger partial charge in [0.2, 0.25) is 11.8 Å². The minimum Gasteiger partial charge on any atom is -0.496 e. The summed E-state index contributed by atoms with van der Waals surface area (Å²) in [7, 11) is 1.63. The van der Waals surface area contributed by atoms with Crippen molar-refractivity contribution in [2.24, 2.45) is 0 Å². The molecule has 1 N–H and O–H groups in total. The predicted molar refractivity (Wildman–Crippen MR) is 104 cm³/mol. The van der Waals surface area contributed by atoms with E-state index in [1.54, 1.807) is 7.11 Å². The van der Waals surface area contributed by atoms with Crippen molar-refractivity contribution in [1.82, 2.24) is 5.32 Å². The molecule has 0 atom stereocenters. The van der Waals surface area contributed by atoms with Crippen LogP contribution in [0.25, 0.3) is 0 Å². The minimum atomic E-state index is -0.183. The summed E-state index contributed by atoms with van der Waals surface area (Å²) in [5.41, 5.74) is 3.79. The molecular formula is C21H26N2O3. The van der Waals surface area contributed by atoms with Gasteiger partial charge in [-0.05, 0) is 43.0 Å². The van der Waals surface area contributed by atoms with Crippen LogP contribution in [0.1, 0.15) is 23.6 Å². The van der Waals surface area contributed by atoms with Crippen LogP contribution in [0, 0.1) is 13.8 Å². The fraction of sp³-hybridized carbons (Fsp3) is 0.333. The molecule has 0 heterocycles. The van der Waals surface area contributed by atoms with Gasteiger partial charge in [-0.2, -0.15) is 0 Å². The largest absolute Gasteiger partial charge is 0.496 e. The van der Waals surface area contributed by atoms with Crippen molar-refractivity contribution >= 4 is 17.5 Å². The van der Waals surface area contributed by atoms with Gasteiger partial charge in [-0.3, -0.25) is 9.59 Å². The van der Waals surface area contributed by atoms with E-state index in [0.29, 0.717) is 13.0 Å². The van der Waals surface area contributed by atoms with Gasteiger partial charge in [-0.25, -0.2) is 0 Å². The molecule has 0 radical (unpaired) electrons. The highest BCUT2D eigenvalue weighted by atomic mass is 16.5. The highest BCUT2D eigenvalue weighted by Gasteiger charge is 2.19. The number of aryl methyl sites for hydroxylation is 2. The fourth-order valence-electron chi connectivity index (χ4n) is 3.02. The average molecular weight is 354 g/mol. The van der Waals surface area contributed by atoms with Crippen LogP contribution in [0.3, 0.4) is 0 Å². The third-order valence-electron chi connectivity index (χ3n) is 4.30. The zero-order valence-corrected chi connectivity index (χ0v) is 15.8. The van der Waals surface area contributed by atoms with Crippen LogP contribution >= 0.6 is 0 Å². The number of nitrogens with one attached hydrogen (secondary N) is 1. The van der Waals surface area contributed by atoms with Crippen LogP contribution in [0.15, 0.2) is 42.5 Å². The van der Waals surface area contributed by atoms with Crippen LogP contribution in [0.2, 0.25) is 0 Å². The highest BCUT2D eigenvalue weighted by molar-refractivity contribution is 5.98. The number of rotatable bonds is 7. The molecule has 2 aromatic rings. The highest BCUT2D eigenvalue weighted by Crippen LogP contribution is 2.24. The quantitative estimate of drug-likeness (QED) is 0.831. The molecule has 0 bridgehead atoms. The summed E-state index contributed by atoms with van der Waals surface area (Å²) in [6.07, 6.45) is 0.666. The minimum absolute atomic E-state index is 0.00690. The molecule has 5 nitrogen and oxygen atoms in total. The smallest absolute Gasteiger partial charge is 0.240 e. The monoisotopic (exact) mass is 354 g/mol. The zero-order valence-electron chi connectivity index (χ0n) is 15.8. The van der Waals surface area contributed by atoms with E-state index in [1.165, 1.54) is 11.8 Å². The lowest BCUT2D eigenvalue weighted by molar-refractivity contribution is -0.123. The summed E-state index contributed by atoms with van der Waals surface area (Å²) in [6, 6.07) is 13.6. The van der Waals surface area contributed by atoms with E-state index < -0.39 is 0 Å². The maximum Gasteiger partial charge on any atom is 0.240 e. The number of amides is 2. The fourth-order valence-corrected chi connectivity index (χ4v) is 3.02.